The standard InChI is InChI=1S/C25H26ClN7O2/c1-14-22(15(2)35-32-14)18-4-5-21-20(7-18)23(28-9-16-6-19(26)11-27-8-16)31-24(30-21)25(34)29-10-17-12-33(3)13-17/h4-8,11,17H,9-10,12-13H2,1-3H3,(H,29,34)(H,28,30,31). The van der Waals surface area contributed by atoms with Gasteiger partial charge in [-0.15, -0.1) is 0 Å². The number of nitrogens with one attached hydrogen (secondary N) is 2. The molecular weight excluding hydrogens is 466 g/mol. The van der Waals surface area contributed by atoms with Crippen molar-refractivity contribution in [2.75, 3.05) is 32.0 Å². The van der Waals surface area contributed by atoms with E-state index in [1.54, 1.807) is 12.4 Å². The third-order valence-corrected chi connectivity index (χ3v) is 6.34. The molecule has 1 saturated heterocycles. The van der Waals surface area contributed by atoms with Crippen LogP contribution in [0.15, 0.2) is 41.2 Å². The van der Waals surface area contributed by atoms with Gasteiger partial charge >= 0.3 is 0 Å². The molecule has 3 aromatic heterocycles. The summed E-state index contributed by atoms with van der Waals surface area (Å²) >= 11 is 6.10. The molecular formula is C25H26ClN7O2. The summed E-state index contributed by atoms with van der Waals surface area (Å²) in [5.74, 6) is 1.58. The lowest BCUT2D eigenvalue weighted by Gasteiger charge is -2.36. The molecule has 1 aromatic carbocycles. The maximum Gasteiger partial charge on any atom is 0.289 e. The van der Waals surface area contributed by atoms with Crippen molar-refractivity contribution in [1.82, 2.24) is 30.3 Å². The zero-order chi connectivity index (χ0) is 24.5. The Morgan fingerprint density at radius 2 is 2.03 bits per heavy atom. The van der Waals surface area contributed by atoms with Crippen LogP contribution < -0.4 is 10.6 Å². The van der Waals surface area contributed by atoms with Crippen LogP contribution in [0.1, 0.15) is 27.6 Å². The van der Waals surface area contributed by atoms with Crippen LogP contribution in [0.2, 0.25) is 5.02 Å². The first-order valence-electron chi connectivity index (χ1n) is 11.4. The molecule has 10 heteroatoms. The Morgan fingerprint density at radius 1 is 1.20 bits per heavy atom. The Labute approximate surface area is 207 Å². The highest BCUT2D eigenvalue weighted by Gasteiger charge is 2.24. The summed E-state index contributed by atoms with van der Waals surface area (Å²) in [6, 6.07) is 7.68. The molecule has 0 saturated carbocycles. The number of likely N-dealkylation sites (tertiary alicyclic amines) is 1. The second-order valence-electron chi connectivity index (χ2n) is 8.99. The monoisotopic (exact) mass is 491 g/mol. The summed E-state index contributed by atoms with van der Waals surface area (Å²) in [6.45, 7) is 6.78. The van der Waals surface area contributed by atoms with Crippen molar-refractivity contribution in [1.29, 1.82) is 0 Å². The molecule has 2 N–H and O–H groups in total. The quantitative estimate of drug-likeness (QED) is 0.401. The number of hydrogen-bond acceptors (Lipinski definition) is 8. The first kappa shape index (κ1) is 23.2. The van der Waals surface area contributed by atoms with Crippen LogP contribution in [0.3, 0.4) is 0 Å². The number of fused-ring (bicyclic) bond motifs is 1. The van der Waals surface area contributed by atoms with Crippen LogP contribution >= 0.6 is 11.6 Å². The van der Waals surface area contributed by atoms with Gasteiger partial charge in [0.25, 0.3) is 5.91 Å². The Morgan fingerprint density at radius 3 is 2.74 bits per heavy atom. The molecule has 0 unspecified atom stereocenters. The number of anilines is 1. The number of carbonyl (C=O) groups is 1. The number of benzene rings is 1. The average Bonchev–Trinajstić information content (AvgIpc) is 3.16. The van der Waals surface area contributed by atoms with E-state index < -0.39 is 0 Å². The van der Waals surface area contributed by atoms with Gasteiger partial charge in [0.1, 0.15) is 11.6 Å². The molecule has 1 fully saturated rings. The molecule has 4 heterocycles. The largest absolute Gasteiger partial charge is 0.365 e. The fourth-order valence-corrected chi connectivity index (χ4v) is 4.62. The second kappa shape index (κ2) is 9.59. The molecule has 0 radical (unpaired) electrons. The van der Waals surface area contributed by atoms with Gasteiger partial charge in [-0.1, -0.05) is 22.8 Å². The Kier molecular flexibility index (Phi) is 6.36. The summed E-state index contributed by atoms with van der Waals surface area (Å²) in [6.07, 6.45) is 3.32. The third kappa shape index (κ3) is 4.96. The fourth-order valence-electron chi connectivity index (χ4n) is 4.43. The van der Waals surface area contributed by atoms with Gasteiger partial charge in [-0.25, -0.2) is 9.97 Å². The van der Waals surface area contributed by atoms with Crippen LogP contribution in [-0.4, -0.2) is 57.6 Å². The molecule has 1 aliphatic heterocycles. The van der Waals surface area contributed by atoms with Crippen LogP contribution in [0.5, 0.6) is 0 Å². The number of amides is 1. The lowest BCUT2D eigenvalue weighted by Crippen LogP contribution is -2.49. The van der Waals surface area contributed by atoms with E-state index in [-0.39, 0.29) is 11.7 Å². The van der Waals surface area contributed by atoms with E-state index in [9.17, 15) is 4.79 Å². The summed E-state index contributed by atoms with van der Waals surface area (Å²) < 4.78 is 5.35. The predicted octanol–water partition coefficient (Wildman–Crippen LogP) is 3.85. The highest BCUT2D eigenvalue weighted by atomic mass is 35.5. The predicted molar refractivity (Wildman–Crippen MR) is 134 cm³/mol. The number of carbonyl (C=O) groups excluding carboxylic acids is 1. The zero-order valence-electron chi connectivity index (χ0n) is 19.8. The molecule has 9 nitrogen and oxygen atoms in total. The molecule has 1 amide bonds. The molecule has 1 aliphatic rings. The van der Waals surface area contributed by atoms with Gasteiger partial charge in [0.2, 0.25) is 5.82 Å². The number of hydrogen-bond donors (Lipinski definition) is 2. The number of nitrogens with zero attached hydrogens (tertiary/aromatic N) is 5. The van der Waals surface area contributed by atoms with Gasteiger partial charge < -0.3 is 20.1 Å². The Hall–Kier alpha value is -3.56. The van der Waals surface area contributed by atoms with E-state index in [0.29, 0.717) is 35.4 Å². The van der Waals surface area contributed by atoms with Gasteiger partial charge in [0.05, 0.1) is 16.2 Å². The van der Waals surface area contributed by atoms with Gasteiger partial charge in [0.15, 0.2) is 0 Å². The van der Waals surface area contributed by atoms with Crippen molar-refractivity contribution in [3.63, 3.8) is 0 Å². The summed E-state index contributed by atoms with van der Waals surface area (Å²) in [4.78, 5) is 28.4. The Bertz CT molecular complexity index is 1380. The minimum Gasteiger partial charge on any atom is -0.365 e. The average molecular weight is 492 g/mol. The minimum absolute atomic E-state index is 0.127. The van der Waals surface area contributed by atoms with Gasteiger partial charge in [-0.3, -0.25) is 9.78 Å². The van der Waals surface area contributed by atoms with Crippen molar-refractivity contribution in [3.8, 4) is 11.1 Å². The number of pyridine rings is 1. The van der Waals surface area contributed by atoms with Crippen molar-refractivity contribution in [2.24, 2.45) is 5.92 Å². The minimum atomic E-state index is -0.288. The van der Waals surface area contributed by atoms with Crippen LogP contribution in [0.4, 0.5) is 5.82 Å². The molecule has 4 aromatic rings. The van der Waals surface area contributed by atoms with Crippen LogP contribution in [-0.2, 0) is 6.54 Å². The number of rotatable bonds is 7. The first-order chi connectivity index (χ1) is 16.9. The topological polar surface area (TPSA) is 109 Å². The first-order valence-corrected chi connectivity index (χ1v) is 11.8. The van der Waals surface area contributed by atoms with E-state index in [1.807, 2.05) is 38.1 Å². The van der Waals surface area contributed by atoms with Crippen molar-refractivity contribution < 1.29 is 9.32 Å². The molecule has 180 valence electrons. The smallest absolute Gasteiger partial charge is 0.289 e. The van der Waals surface area contributed by atoms with Crippen molar-refractivity contribution in [2.45, 2.75) is 20.4 Å². The molecule has 0 atom stereocenters. The number of aryl methyl sites for hydroxylation is 2. The lowest BCUT2D eigenvalue weighted by atomic mass is 10.0. The van der Waals surface area contributed by atoms with E-state index >= 15 is 0 Å². The van der Waals surface area contributed by atoms with Gasteiger partial charge in [0, 0.05) is 55.4 Å². The van der Waals surface area contributed by atoms with E-state index in [4.69, 9.17) is 16.1 Å². The van der Waals surface area contributed by atoms with E-state index in [0.717, 1.165) is 46.6 Å². The van der Waals surface area contributed by atoms with Crippen LogP contribution in [0.25, 0.3) is 22.0 Å². The molecule has 0 spiro atoms. The zero-order valence-corrected chi connectivity index (χ0v) is 20.6. The van der Waals surface area contributed by atoms with Gasteiger partial charge in [-0.05, 0) is 50.2 Å². The summed E-state index contributed by atoms with van der Waals surface area (Å²) in [5, 5.41) is 11.7. The fraction of sp³-hybridized carbons (Fsp3) is 0.320. The van der Waals surface area contributed by atoms with Crippen molar-refractivity contribution in [3.05, 3.63) is 64.5 Å². The highest BCUT2D eigenvalue weighted by Crippen LogP contribution is 2.31. The van der Waals surface area contributed by atoms with Gasteiger partial charge in [-0.2, -0.15) is 0 Å². The second-order valence-corrected chi connectivity index (χ2v) is 9.43. The van der Waals surface area contributed by atoms with Crippen LogP contribution in [0, 0.1) is 19.8 Å². The third-order valence-electron chi connectivity index (χ3n) is 6.13. The lowest BCUT2D eigenvalue weighted by molar-refractivity contribution is 0.0888. The van der Waals surface area contributed by atoms with E-state index in [2.05, 4.69) is 42.7 Å². The normalized spacial score (nSPS) is 14.2. The van der Waals surface area contributed by atoms with E-state index in [1.165, 1.54) is 0 Å². The number of aromatic nitrogens is 4. The van der Waals surface area contributed by atoms with Crippen molar-refractivity contribution >= 4 is 34.2 Å². The maximum absolute atomic E-state index is 12.9. The number of halogens is 1. The molecule has 0 bridgehead atoms. The molecule has 0 aliphatic carbocycles. The summed E-state index contributed by atoms with van der Waals surface area (Å²) in [5.41, 5.74) is 4.24. The highest BCUT2D eigenvalue weighted by molar-refractivity contribution is 6.30. The maximum atomic E-state index is 12.9. The molecule has 5 rings (SSSR count). The summed E-state index contributed by atoms with van der Waals surface area (Å²) in [7, 11) is 2.06. The molecule has 35 heavy (non-hydrogen) atoms. The Balaban J connectivity index is 1.49. The SMILES string of the molecule is Cc1noc(C)c1-c1ccc2nc(C(=O)NCC3CN(C)C3)nc(NCc3cncc(Cl)c3)c2c1.